The predicted molar refractivity (Wildman–Crippen MR) is 132 cm³/mol. The maximum atomic E-state index is 12.6. The number of carbonyl (C=O) groups excluding carboxylic acids is 1. The van der Waals surface area contributed by atoms with Gasteiger partial charge in [-0.25, -0.2) is 16.8 Å². The van der Waals surface area contributed by atoms with Crippen LogP contribution >= 0.6 is 22.3 Å². The van der Waals surface area contributed by atoms with E-state index < -0.39 is 24.1 Å². The Kier molecular flexibility index (Phi) is 14.1. The molecule has 1 aromatic carbocycles. The first kappa shape index (κ1) is 29.4. The second kappa shape index (κ2) is 15.3. The van der Waals surface area contributed by atoms with Gasteiger partial charge in [0.1, 0.15) is 0 Å². The summed E-state index contributed by atoms with van der Waals surface area (Å²) in [6.45, 7) is 2.23. The topological polar surface area (TPSA) is 85.3 Å². The molecule has 0 atom stereocenters. The van der Waals surface area contributed by atoms with Crippen molar-refractivity contribution in [2.45, 2.75) is 107 Å². The van der Waals surface area contributed by atoms with Crippen molar-refractivity contribution in [2.75, 3.05) is 5.75 Å². The summed E-state index contributed by atoms with van der Waals surface area (Å²) in [6.07, 6.45) is 16.3. The average Bonchev–Trinajstić information content (AvgIpc) is 2.72. The zero-order chi connectivity index (χ0) is 24.0. The SMILES string of the molecule is CCCCCCCCCCCCCCCCS(=O)(=O)c1ccc(S(=O)(=O)Cl)cc1C(=O)Cl. The van der Waals surface area contributed by atoms with E-state index >= 15 is 0 Å². The molecule has 0 unspecified atom stereocenters. The normalized spacial score (nSPS) is 12.2. The van der Waals surface area contributed by atoms with Gasteiger partial charge in [0.2, 0.25) is 0 Å². The largest absolute Gasteiger partial charge is 0.276 e. The molecule has 32 heavy (non-hydrogen) atoms. The third-order valence-corrected chi connectivity index (χ3v) is 8.95. The van der Waals surface area contributed by atoms with E-state index in [1.807, 2.05) is 0 Å². The molecular formula is C23H36Cl2O5S2. The van der Waals surface area contributed by atoms with Gasteiger partial charge in [0, 0.05) is 10.7 Å². The monoisotopic (exact) mass is 526 g/mol. The number of sulfone groups is 1. The van der Waals surface area contributed by atoms with Crippen LogP contribution in [0.2, 0.25) is 0 Å². The Labute approximate surface area is 203 Å². The number of rotatable bonds is 18. The summed E-state index contributed by atoms with van der Waals surface area (Å²) < 4.78 is 48.2. The molecule has 184 valence electrons. The van der Waals surface area contributed by atoms with Crippen molar-refractivity contribution in [2.24, 2.45) is 0 Å². The number of hydrogen-bond donors (Lipinski definition) is 0. The van der Waals surface area contributed by atoms with E-state index in [2.05, 4.69) is 6.92 Å². The molecule has 0 radical (unpaired) electrons. The molecule has 0 saturated carbocycles. The lowest BCUT2D eigenvalue weighted by atomic mass is 10.0. The Hall–Kier alpha value is -0.630. The molecule has 0 aliphatic heterocycles. The molecule has 0 heterocycles. The van der Waals surface area contributed by atoms with Gasteiger partial charge >= 0.3 is 0 Å². The number of halogens is 2. The molecule has 9 heteroatoms. The molecule has 1 rings (SSSR count). The smallest absolute Gasteiger partial charge is 0.261 e. The molecular weight excluding hydrogens is 491 g/mol. The minimum atomic E-state index is -4.10. The van der Waals surface area contributed by atoms with Crippen LogP contribution in [0.1, 0.15) is 107 Å². The zero-order valence-electron chi connectivity index (χ0n) is 19.0. The Bertz CT molecular complexity index is 912. The fourth-order valence-corrected chi connectivity index (χ4v) is 6.24. The van der Waals surface area contributed by atoms with Gasteiger partial charge in [-0.1, -0.05) is 90.4 Å². The van der Waals surface area contributed by atoms with Crippen LogP contribution in [0.3, 0.4) is 0 Å². The zero-order valence-corrected chi connectivity index (χ0v) is 22.1. The fraction of sp³-hybridized carbons (Fsp3) is 0.696. The van der Waals surface area contributed by atoms with Crippen molar-refractivity contribution in [1.29, 1.82) is 0 Å². The Balaban J connectivity index is 2.32. The van der Waals surface area contributed by atoms with Crippen LogP contribution in [0.5, 0.6) is 0 Å². The summed E-state index contributed by atoms with van der Waals surface area (Å²) in [4.78, 5) is 11.0. The molecule has 5 nitrogen and oxygen atoms in total. The van der Waals surface area contributed by atoms with E-state index in [1.54, 1.807) is 0 Å². The first-order valence-electron chi connectivity index (χ1n) is 11.6. The van der Waals surface area contributed by atoms with Crippen LogP contribution in [-0.4, -0.2) is 27.8 Å². The highest BCUT2D eigenvalue weighted by molar-refractivity contribution is 8.13. The molecule has 1 aromatic rings. The molecule has 0 fully saturated rings. The van der Waals surface area contributed by atoms with Gasteiger partial charge < -0.3 is 0 Å². The third kappa shape index (κ3) is 11.5. The minimum Gasteiger partial charge on any atom is -0.276 e. The second-order valence-electron chi connectivity index (χ2n) is 8.28. The van der Waals surface area contributed by atoms with Gasteiger partial charge in [0.25, 0.3) is 14.3 Å². The lowest BCUT2D eigenvalue weighted by Gasteiger charge is -2.09. The summed E-state index contributed by atoms with van der Waals surface area (Å²) in [5.74, 6) is -0.116. The third-order valence-electron chi connectivity index (χ3n) is 5.55. The van der Waals surface area contributed by atoms with Gasteiger partial charge in [-0.15, -0.1) is 0 Å². The molecule has 0 N–H and O–H groups in total. The molecule has 0 aliphatic carbocycles. The standard InChI is InChI=1S/C23H36Cl2O5S2/c1-2-3-4-5-6-7-8-9-10-11-12-13-14-15-18-31(27,28)22-17-16-20(32(25,29)30)19-21(22)23(24)26/h16-17,19H,2-15,18H2,1H3. The van der Waals surface area contributed by atoms with Gasteiger partial charge in [-0.3, -0.25) is 4.79 Å². The molecule has 0 saturated heterocycles. The van der Waals surface area contributed by atoms with Gasteiger partial charge in [0.05, 0.1) is 21.1 Å². The van der Waals surface area contributed by atoms with E-state index in [1.165, 1.54) is 64.2 Å². The van der Waals surface area contributed by atoms with Crippen molar-refractivity contribution in [3.8, 4) is 0 Å². The lowest BCUT2D eigenvalue weighted by molar-refractivity contribution is 0.107. The van der Waals surface area contributed by atoms with Crippen LogP contribution in [-0.2, 0) is 18.9 Å². The molecule has 0 spiro atoms. The average molecular weight is 528 g/mol. The molecule has 0 aliphatic rings. The summed E-state index contributed by atoms with van der Waals surface area (Å²) in [5.41, 5.74) is -0.362. The van der Waals surface area contributed by atoms with Gasteiger partial charge in [-0.05, 0) is 36.2 Å². The summed E-state index contributed by atoms with van der Waals surface area (Å²) in [7, 11) is -2.58. The van der Waals surface area contributed by atoms with E-state index in [-0.39, 0.29) is 21.1 Å². The van der Waals surface area contributed by atoms with Crippen molar-refractivity contribution >= 4 is 46.4 Å². The summed E-state index contributed by atoms with van der Waals surface area (Å²) in [5, 5.41) is -1.04. The van der Waals surface area contributed by atoms with Crippen molar-refractivity contribution in [3.63, 3.8) is 0 Å². The minimum absolute atomic E-state index is 0.116. The molecule has 0 aromatic heterocycles. The molecule has 0 amide bonds. The highest BCUT2D eigenvalue weighted by atomic mass is 35.7. The van der Waals surface area contributed by atoms with Crippen LogP contribution in [0, 0.1) is 0 Å². The highest BCUT2D eigenvalue weighted by Gasteiger charge is 2.24. The number of carbonyl (C=O) groups is 1. The van der Waals surface area contributed by atoms with Crippen molar-refractivity contribution < 1.29 is 21.6 Å². The van der Waals surface area contributed by atoms with Crippen LogP contribution < -0.4 is 0 Å². The highest BCUT2D eigenvalue weighted by Crippen LogP contribution is 2.25. The maximum absolute atomic E-state index is 12.6. The van der Waals surface area contributed by atoms with Crippen LogP contribution in [0.15, 0.2) is 28.0 Å². The summed E-state index contributed by atoms with van der Waals surface area (Å²) in [6, 6.07) is 3.07. The first-order chi connectivity index (χ1) is 15.1. The van der Waals surface area contributed by atoms with Crippen molar-refractivity contribution in [1.82, 2.24) is 0 Å². The number of hydrogen-bond acceptors (Lipinski definition) is 5. The lowest BCUT2D eigenvalue weighted by Crippen LogP contribution is -2.12. The number of unbranched alkanes of at least 4 members (excludes halogenated alkanes) is 13. The fourth-order valence-electron chi connectivity index (χ4n) is 3.68. The predicted octanol–water partition coefficient (Wildman–Crippen LogP) is 7.25. The molecule has 0 bridgehead atoms. The van der Waals surface area contributed by atoms with E-state index in [0.29, 0.717) is 6.42 Å². The van der Waals surface area contributed by atoms with Gasteiger partial charge in [0.15, 0.2) is 9.84 Å². The Morgan fingerprint density at radius 1 is 0.750 bits per heavy atom. The van der Waals surface area contributed by atoms with E-state index in [4.69, 9.17) is 22.3 Å². The van der Waals surface area contributed by atoms with Gasteiger partial charge in [-0.2, -0.15) is 0 Å². The first-order valence-corrected chi connectivity index (χ1v) is 15.9. The quantitative estimate of drug-likeness (QED) is 0.148. The van der Waals surface area contributed by atoms with E-state index in [0.717, 1.165) is 37.5 Å². The second-order valence-corrected chi connectivity index (χ2v) is 13.3. The number of benzene rings is 1. The van der Waals surface area contributed by atoms with Crippen LogP contribution in [0.25, 0.3) is 0 Å². The Morgan fingerprint density at radius 3 is 1.59 bits per heavy atom. The maximum Gasteiger partial charge on any atom is 0.261 e. The van der Waals surface area contributed by atoms with Crippen LogP contribution in [0.4, 0.5) is 0 Å². The van der Waals surface area contributed by atoms with E-state index in [9.17, 15) is 21.6 Å². The van der Waals surface area contributed by atoms with Crippen molar-refractivity contribution in [3.05, 3.63) is 23.8 Å². The Morgan fingerprint density at radius 2 is 1.19 bits per heavy atom. The summed E-state index contributed by atoms with van der Waals surface area (Å²) >= 11 is 5.49.